The Labute approximate surface area is 112 Å². The van der Waals surface area contributed by atoms with Gasteiger partial charge in [0.05, 0.1) is 6.61 Å². The van der Waals surface area contributed by atoms with Crippen molar-refractivity contribution in [3.05, 3.63) is 54.1 Å². The van der Waals surface area contributed by atoms with Crippen molar-refractivity contribution in [3.63, 3.8) is 0 Å². The van der Waals surface area contributed by atoms with Crippen molar-refractivity contribution in [2.45, 2.75) is 13.8 Å². The van der Waals surface area contributed by atoms with E-state index in [1.54, 1.807) is 49.4 Å². The summed E-state index contributed by atoms with van der Waals surface area (Å²) in [5.74, 6) is -0.866. The first-order valence-corrected chi connectivity index (χ1v) is 5.96. The van der Waals surface area contributed by atoms with Gasteiger partial charge in [-0.2, -0.15) is 0 Å². The first-order valence-electron chi connectivity index (χ1n) is 5.96. The van der Waals surface area contributed by atoms with E-state index in [4.69, 9.17) is 9.47 Å². The molecule has 0 N–H and O–H groups in total. The fraction of sp³-hybridized carbons (Fsp3) is 0.200. The number of esters is 2. The number of carbonyl (C=O) groups excluding carboxylic acids is 2. The second-order valence-corrected chi connectivity index (χ2v) is 3.52. The van der Waals surface area contributed by atoms with Gasteiger partial charge in [0.25, 0.3) is 0 Å². The van der Waals surface area contributed by atoms with E-state index < -0.39 is 11.9 Å². The second kappa shape index (κ2) is 7.87. The van der Waals surface area contributed by atoms with Crippen LogP contribution in [-0.4, -0.2) is 18.5 Å². The summed E-state index contributed by atoms with van der Waals surface area (Å²) < 4.78 is 9.99. The number of benzene rings is 1. The van der Waals surface area contributed by atoms with E-state index in [9.17, 15) is 9.59 Å². The number of allylic oxidation sites excluding steroid dienone is 3. The highest BCUT2D eigenvalue weighted by molar-refractivity contribution is 5.94. The quantitative estimate of drug-likeness (QED) is 0.353. The smallest absolute Gasteiger partial charge is 0.341 e. The third-order valence-electron chi connectivity index (χ3n) is 2.13. The normalized spacial score (nSPS) is 10.8. The number of carbonyl (C=O) groups is 2. The SMILES string of the molecule is CC=CC=CC(=O)Oc1ccccc1C(=O)OCC. The first kappa shape index (κ1) is 14.7. The van der Waals surface area contributed by atoms with Crippen LogP contribution in [0, 0.1) is 0 Å². The lowest BCUT2D eigenvalue weighted by atomic mass is 10.2. The number of ether oxygens (including phenoxy) is 2. The van der Waals surface area contributed by atoms with E-state index in [-0.39, 0.29) is 17.9 Å². The van der Waals surface area contributed by atoms with Crippen LogP contribution in [0.2, 0.25) is 0 Å². The van der Waals surface area contributed by atoms with Crippen molar-refractivity contribution in [2.75, 3.05) is 6.61 Å². The molecule has 1 rings (SSSR count). The van der Waals surface area contributed by atoms with Crippen molar-refractivity contribution >= 4 is 11.9 Å². The van der Waals surface area contributed by atoms with Gasteiger partial charge in [0, 0.05) is 6.08 Å². The van der Waals surface area contributed by atoms with E-state index in [1.807, 2.05) is 6.92 Å². The van der Waals surface area contributed by atoms with Crippen molar-refractivity contribution in [1.82, 2.24) is 0 Å². The maximum Gasteiger partial charge on any atom is 0.341 e. The van der Waals surface area contributed by atoms with Crippen LogP contribution in [0.5, 0.6) is 5.75 Å². The molecule has 0 aliphatic heterocycles. The van der Waals surface area contributed by atoms with Crippen LogP contribution in [-0.2, 0) is 9.53 Å². The van der Waals surface area contributed by atoms with Gasteiger partial charge in [-0.05, 0) is 26.0 Å². The number of hydrogen-bond acceptors (Lipinski definition) is 4. The Morgan fingerprint density at radius 3 is 2.63 bits per heavy atom. The Balaban J connectivity index is 2.83. The fourth-order valence-electron chi connectivity index (χ4n) is 1.32. The van der Waals surface area contributed by atoms with Gasteiger partial charge in [-0.25, -0.2) is 9.59 Å². The zero-order chi connectivity index (χ0) is 14.1. The Bertz CT molecular complexity index is 501. The second-order valence-electron chi connectivity index (χ2n) is 3.52. The van der Waals surface area contributed by atoms with Gasteiger partial charge in [0.15, 0.2) is 0 Å². The van der Waals surface area contributed by atoms with Gasteiger partial charge in [-0.1, -0.05) is 30.4 Å². The average molecular weight is 260 g/mol. The van der Waals surface area contributed by atoms with E-state index >= 15 is 0 Å². The van der Waals surface area contributed by atoms with Crippen LogP contribution in [0.25, 0.3) is 0 Å². The van der Waals surface area contributed by atoms with Crippen LogP contribution in [0.1, 0.15) is 24.2 Å². The van der Waals surface area contributed by atoms with Gasteiger partial charge < -0.3 is 9.47 Å². The Morgan fingerprint density at radius 2 is 1.95 bits per heavy atom. The Hall–Kier alpha value is -2.36. The molecule has 0 atom stereocenters. The van der Waals surface area contributed by atoms with Crippen molar-refractivity contribution in [1.29, 1.82) is 0 Å². The maximum absolute atomic E-state index is 11.7. The summed E-state index contributed by atoms with van der Waals surface area (Å²) in [4.78, 5) is 23.2. The summed E-state index contributed by atoms with van der Waals surface area (Å²) in [6.07, 6.45) is 6.34. The lowest BCUT2D eigenvalue weighted by Gasteiger charge is -2.07. The highest BCUT2D eigenvalue weighted by Crippen LogP contribution is 2.19. The minimum atomic E-state index is -0.546. The third-order valence-corrected chi connectivity index (χ3v) is 2.13. The molecule has 4 heteroatoms. The molecule has 0 amide bonds. The predicted molar refractivity (Wildman–Crippen MR) is 72.0 cm³/mol. The van der Waals surface area contributed by atoms with Gasteiger partial charge in [-0.15, -0.1) is 0 Å². The fourth-order valence-corrected chi connectivity index (χ4v) is 1.32. The van der Waals surface area contributed by atoms with E-state index in [0.717, 1.165) is 0 Å². The Morgan fingerprint density at radius 1 is 1.21 bits per heavy atom. The average Bonchev–Trinajstić information content (AvgIpc) is 2.40. The van der Waals surface area contributed by atoms with Gasteiger partial charge in [0.1, 0.15) is 11.3 Å². The zero-order valence-electron chi connectivity index (χ0n) is 11.0. The molecule has 0 saturated carbocycles. The largest absolute Gasteiger partial charge is 0.462 e. The molecule has 0 heterocycles. The van der Waals surface area contributed by atoms with Gasteiger partial charge >= 0.3 is 11.9 Å². The van der Waals surface area contributed by atoms with Crippen LogP contribution in [0.4, 0.5) is 0 Å². The molecule has 0 aromatic heterocycles. The first-order chi connectivity index (χ1) is 9.19. The zero-order valence-corrected chi connectivity index (χ0v) is 11.0. The molecular weight excluding hydrogens is 244 g/mol. The summed E-state index contributed by atoms with van der Waals surface area (Å²) in [6.45, 7) is 3.82. The van der Waals surface area contributed by atoms with Crippen molar-refractivity contribution in [3.8, 4) is 5.75 Å². The van der Waals surface area contributed by atoms with Crippen LogP contribution < -0.4 is 4.74 Å². The molecule has 1 aromatic rings. The minimum absolute atomic E-state index is 0.191. The van der Waals surface area contributed by atoms with E-state index in [0.29, 0.717) is 0 Å². The molecule has 0 spiro atoms. The number of hydrogen-bond donors (Lipinski definition) is 0. The van der Waals surface area contributed by atoms with Crippen molar-refractivity contribution in [2.24, 2.45) is 0 Å². The molecule has 19 heavy (non-hydrogen) atoms. The molecular formula is C15H16O4. The molecule has 0 saturated heterocycles. The molecule has 0 fully saturated rings. The summed E-state index contributed by atoms with van der Waals surface area (Å²) in [5.41, 5.74) is 0.233. The van der Waals surface area contributed by atoms with Crippen LogP contribution >= 0.6 is 0 Å². The molecule has 0 bridgehead atoms. The predicted octanol–water partition coefficient (Wildman–Crippen LogP) is 2.90. The lowest BCUT2D eigenvalue weighted by molar-refractivity contribution is -0.129. The standard InChI is InChI=1S/C15H16O4/c1-3-5-6-11-14(16)19-13-10-8-7-9-12(13)15(17)18-4-2/h3,5-11H,4H2,1-2H3. The van der Waals surface area contributed by atoms with Crippen LogP contribution in [0.3, 0.4) is 0 Å². The molecule has 0 unspecified atom stereocenters. The molecule has 1 aromatic carbocycles. The lowest BCUT2D eigenvalue weighted by Crippen LogP contribution is -2.10. The maximum atomic E-state index is 11.7. The highest BCUT2D eigenvalue weighted by Gasteiger charge is 2.14. The number of rotatable bonds is 5. The minimum Gasteiger partial charge on any atom is -0.462 e. The molecule has 0 aliphatic carbocycles. The third kappa shape index (κ3) is 4.79. The molecule has 0 radical (unpaired) electrons. The van der Waals surface area contributed by atoms with E-state index in [1.165, 1.54) is 6.08 Å². The van der Waals surface area contributed by atoms with E-state index in [2.05, 4.69) is 0 Å². The Kier molecular flexibility index (Phi) is 6.09. The van der Waals surface area contributed by atoms with Gasteiger partial charge in [-0.3, -0.25) is 0 Å². The summed E-state index contributed by atoms with van der Waals surface area (Å²) >= 11 is 0. The number of para-hydroxylation sites is 1. The molecule has 0 aliphatic rings. The molecule has 100 valence electrons. The van der Waals surface area contributed by atoms with Gasteiger partial charge in [0.2, 0.25) is 0 Å². The topological polar surface area (TPSA) is 52.6 Å². The van der Waals surface area contributed by atoms with Crippen molar-refractivity contribution < 1.29 is 19.1 Å². The monoisotopic (exact) mass is 260 g/mol. The summed E-state index contributed by atoms with van der Waals surface area (Å²) in [6, 6.07) is 6.46. The summed E-state index contributed by atoms with van der Waals surface area (Å²) in [7, 11) is 0. The molecule has 4 nitrogen and oxygen atoms in total. The highest BCUT2D eigenvalue weighted by atomic mass is 16.5. The summed E-state index contributed by atoms with van der Waals surface area (Å²) in [5, 5.41) is 0. The van der Waals surface area contributed by atoms with Crippen LogP contribution in [0.15, 0.2) is 48.6 Å².